The van der Waals surface area contributed by atoms with E-state index in [9.17, 15) is 4.79 Å². The molecule has 0 bridgehead atoms. The molecule has 0 aromatic carbocycles. The van der Waals surface area contributed by atoms with Crippen LogP contribution in [-0.2, 0) is 4.79 Å². The van der Waals surface area contributed by atoms with Crippen LogP contribution >= 0.6 is 11.6 Å². The van der Waals surface area contributed by atoms with E-state index >= 15 is 0 Å². The Hall–Kier alpha value is -0.240. The minimum absolute atomic E-state index is 0.118. The molecule has 0 rings (SSSR count). The Morgan fingerprint density at radius 2 is 2.11 bits per heavy atom. The molecule has 0 aliphatic rings. The highest BCUT2D eigenvalue weighted by atomic mass is 35.5. The van der Waals surface area contributed by atoms with Gasteiger partial charge in [0.25, 0.3) is 0 Å². The average Bonchev–Trinajstić information content (AvgIpc) is 1.90. The van der Waals surface area contributed by atoms with E-state index < -0.39 is 0 Å². The average molecular weight is 150 g/mol. The van der Waals surface area contributed by atoms with E-state index in [1.165, 1.54) is 0 Å². The molecule has 9 heavy (non-hydrogen) atoms. The van der Waals surface area contributed by atoms with Gasteiger partial charge in [-0.15, -0.1) is 11.6 Å². The van der Waals surface area contributed by atoms with Gasteiger partial charge in [0.15, 0.2) is 0 Å². The van der Waals surface area contributed by atoms with Crippen molar-refractivity contribution < 1.29 is 4.79 Å². The van der Waals surface area contributed by atoms with Crippen molar-refractivity contribution in [2.45, 2.75) is 20.3 Å². The van der Waals surface area contributed by atoms with Crippen LogP contribution < -0.4 is 0 Å². The van der Waals surface area contributed by atoms with Gasteiger partial charge in [-0.05, 0) is 6.92 Å². The third-order valence-electron chi connectivity index (χ3n) is 1.18. The van der Waals surface area contributed by atoms with Gasteiger partial charge in [0.2, 0.25) is 5.91 Å². The number of hydrogen-bond acceptors (Lipinski definition) is 1. The van der Waals surface area contributed by atoms with Gasteiger partial charge in [-0.2, -0.15) is 0 Å². The minimum atomic E-state index is 0.118. The number of rotatable bonds is 3. The lowest BCUT2D eigenvalue weighted by atomic mass is 10.4. The second-order valence-corrected chi connectivity index (χ2v) is 1.96. The van der Waals surface area contributed by atoms with Crippen LogP contribution in [0.15, 0.2) is 0 Å². The smallest absolute Gasteiger partial charge is 0.223 e. The summed E-state index contributed by atoms with van der Waals surface area (Å²) >= 11 is 5.45. The molecule has 0 atom stereocenters. The van der Waals surface area contributed by atoms with Gasteiger partial charge >= 0.3 is 0 Å². The number of halogens is 1. The molecule has 54 valence electrons. The lowest BCUT2D eigenvalue weighted by Gasteiger charge is -2.15. The Bertz CT molecular complexity index is 91.1. The molecule has 0 aromatic rings. The van der Waals surface area contributed by atoms with Crippen LogP contribution in [0.1, 0.15) is 20.3 Å². The predicted octanol–water partition coefficient (Wildman–Crippen LogP) is 1.44. The van der Waals surface area contributed by atoms with Crippen molar-refractivity contribution in [1.29, 1.82) is 0 Å². The number of carbonyl (C=O) groups is 1. The van der Waals surface area contributed by atoms with E-state index in [0.29, 0.717) is 19.0 Å². The Morgan fingerprint density at radius 1 is 1.56 bits per heavy atom. The molecule has 0 aliphatic carbocycles. The third kappa shape index (κ3) is 2.70. The monoisotopic (exact) mass is 149 g/mol. The summed E-state index contributed by atoms with van der Waals surface area (Å²) in [5, 5.41) is 0. The third-order valence-corrected chi connectivity index (χ3v) is 1.47. The first-order valence-electron chi connectivity index (χ1n) is 3.10. The van der Waals surface area contributed by atoms with Crippen LogP contribution in [0.2, 0.25) is 0 Å². The summed E-state index contributed by atoms with van der Waals surface area (Å²) < 4.78 is 0. The highest BCUT2D eigenvalue weighted by molar-refractivity contribution is 6.18. The summed E-state index contributed by atoms with van der Waals surface area (Å²) in [6.07, 6.45) is 0.542. The van der Waals surface area contributed by atoms with Crippen molar-refractivity contribution in [3.05, 3.63) is 0 Å². The van der Waals surface area contributed by atoms with Crippen molar-refractivity contribution in [3.63, 3.8) is 0 Å². The summed E-state index contributed by atoms with van der Waals surface area (Å²) in [6, 6.07) is 0.309. The summed E-state index contributed by atoms with van der Waals surface area (Å²) in [7, 11) is 0. The minimum Gasteiger partial charge on any atom is -0.329 e. The lowest BCUT2D eigenvalue weighted by Crippen LogP contribution is -2.28. The summed E-state index contributed by atoms with van der Waals surface area (Å²) in [6.45, 7) is 4.45. The Labute approximate surface area is 60.8 Å². The first-order valence-corrected chi connectivity index (χ1v) is 3.63. The van der Waals surface area contributed by atoms with E-state index in [0.717, 1.165) is 0 Å². The molecule has 0 spiro atoms. The highest BCUT2D eigenvalue weighted by Gasteiger charge is 2.05. The maximum Gasteiger partial charge on any atom is 0.223 e. The van der Waals surface area contributed by atoms with Gasteiger partial charge in [0.05, 0.1) is 6.00 Å². The molecular formula is C6H12ClNO. The summed E-state index contributed by atoms with van der Waals surface area (Å²) in [5.74, 6) is 0.118. The fourth-order valence-corrected chi connectivity index (χ4v) is 0.853. The fourth-order valence-electron chi connectivity index (χ4n) is 0.551. The number of carbonyl (C=O) groups excluding carboxylic acids is 1. The van der Waals surface area contributed by atoms with Gasteiger partial charge < -0.3 is 4.90 Å². The molecule has 0 unspecified atom stereocenters. The van der Waals surface area contributed by atoms with Crippen LogP contribution in [0.3, 0.4) is 0 Å². The predicted molar refractivity (Wildman–Crippen MR) is 38.4 cm³/mol. The lowest BCUT2D eigenvalue weighted by molar-refractivity contribution is -0.129. The molecule has 1 amide bonds. The van der Waals surface area contributed by atoms with Gasteiger partial charge in [-0.3, -0.25) is 4.79 Å². The van der Waals surface area contributed by atoms with Crippen LogP contribution in [0.5, 0.6) is 0 Å². The normalized spacial score (nSPS) is 9.22. The SMILES string of the molecule is CCC(=O)N(CC)CCl. The van der Waals surface area contributed by atoms with Crippen molar-refractivity contribution in [1.82, 2.24) is 4.90 Å². The quantitative estimate of drug-likeness (QED) is 0.439. The molecular weight excluding hydrogens is 138 g/mol. The number of alkyl halides is 1. The molecule has 2 nitrogen and oxygen atoms in total. The first-order chi connectivity index (χ1) is 4.26. The van der Waals surface area contributed by atoms with Gasteiger partial charge in [-0.1, -0.05) is 6.92 Å². The zero-order valence-electron chi connectivity index (χ0n) is 5.85. The summed E-state index contributed by atoms with van der Waals surface area (Å²) in [4.78, 5) is 12.4. The molecule has 0 N–H and O–H groups in total. The Morgan fingerprint density at radius 3 is 2.22 bits per heavy atom. The molecule has 0 radical (unpaired) electrons. The maximum atomic E-state index is 10.8. The molecule has 3 heteroatoms. The number of nitrogens with zero attached hydrogens (tertiary/aromatic N) is 1. The van der Waals surface area contributed by atoms with Crippen molar-refractivity contribution in [3.8, 4) is 0 Å². The standard InChI is InChI=1S/C6H12ClNO/c1-3-6(9)8(4-2)5-7/h3-5H2,1-2H3. The molecule has 0 fully saturated rings. The van der Waals surface area contributed by atoms with Crippen molar-refractivity contribution in [2.24, 2.45) is 0 Å². The first kappa shape index (κ1) is 8.76. The topological polar surface area (TPSA) is 20.3 Å². The molecule has 0 aromatic heterocycles. The van der Waals surface area contributed by atoms with Crippen LogP contribution in [0.4, 0.5) is 0 Å². The van der Waals surface area contributed by atoms with Gasteiger partial charge in [0.1, 0.15) is 0 Å². The zero-order valence-corrected chi connectivity index (χ0v) is 6.61. The van der Waals surface area contributed by atoms with E-state index in [-0.39, 0.29) is 5.91 Å². The van der Waals surface area contributed by atoms with Crippen LogP contribution in [-0.4, -0.2) is 23.4 Å². The van der Waals surface area contributed by atoms with Crippen molar-refractivity contribution in [2.75, 3.05) is 12.5 Å². The van der Waals surface area contributed by atoms with E-state index in [2.05, 4.69) is 0 Å². The highest BCUT2D eigenvalue weighted by Crippen LogP contribution is 1.94. The van der Waals surface area contributed by atoms with Gasteiger partial charge in [0, 0.05) is 13.0 Å². The number of hydrogen-bond donors (Lipinski definition) is 0. The zero-order chi connectivity index (χ0) is 7.28. The Balaban J connectivity index is 3.64. The molecule has 0 aliphatic heterocycles. The molecule has 0 heterocycles. The summed E-state index contributed by atoms with van der Waals surface area (Å²) in [5.41, 5.74) is 0. The maximum absolute atomic E-state index is 10.8. The van der Waals surface area contributed by atoms with Gasteiger partial charge in [-0.25, -0.2) is 0 Å². The van der Waals surface area contributed by atoms with Crippen LogP contribution in [0, 0.1) is 0 Å². The Kier molecular flexibility index (Phi) is 4.50. The fraction of sp³-hybridized carbons (Fsp3) is 0.833. The second kappa shape index (κ2) is 4.62. The van der Waals surface area contributed by atoms with E-state index in [1.807, 2.05) is 13.8 Å². The van der Waals surface area contributed by atoms with Crippen molar-refractivity contribution >= 4 is 17.5 Å². The van der Waals surface area contributed by atoms with E-state index in [1.54, 1.807) is 4.90 Å². The molecule has 0 saturated carbocycles. The largest absolute Gasteiger partial charge is 0.329 e. The molecule has 0 saturated heterocycles. The second-order valence-electron chi connectivity index (χ2n) is 1.72. The number of amides is 1. The van der Waals surface area contributed by atoms with E-state index in [4.69, 9.17) is 11.6 Å². The van der Waals surface area contributed by atoms with Crippen LogP contribution in [0.25, 0.3) is 0 Å².